The minimum Gasteiger partial charge on any atom is -0.393 e. The molecule has 3 nitrogen and oxygen atoms in total. The summed E-state index contributed by atoms with van der Waals surface area (Å²) in [5, 5.41) is 0. The first kappa shape index (κ1) is 13.9. The van der Waals surface area contributed by atoms with Gasteiger partial charge in [0, 0.05) is 18.0 Å². The standard InChI is InChI=1S/C12H24N2OS/c1-4-10-9-15-8-7-14(10)6-5-12(2,3)11(13)16/h10H,4-9H2,1-3H3,(H2,13,16). The lowest BCUT2D eigenvalue weighted by molar-refractivity contribution is -0.0112. The van der Waals surface area contributed by atoms with Crippen LogP contribution in [0.1, 0.15) is 33.6 Å². The molecule has 1 heterocycles. The van der Waals surface area contributed by atoms with Gasteiger partial charge in [-0.2, -0.15) is 0 Å². The van der Waals surface area contributed by atoms with Gasteiger partial charge in [0.1, 0.15) is 0 Å². The molecular weight excluding hydrogens is 220 g/mol. The molecule has 1 fully saturated rings. The molecule has 0 aromatic carbocycles. The summed E-state index contributed by atoms with van der Waals surface area (Å²) in [6.07, 6.45) is 2.17. The summed E-state index contributed by atoms with van der Waals surface area (Å²) in [7, 11) is 0. The summed E-state index contributed by atoms with van der Waals surface area (Å²) in [5.74, 6) is 0. The van der Waals surface area contributed by atoms with Crippen molar-refractivity contribution in [3.63, 3.8) is 0 Å². The van der Waals surface area contributed by atoms with E-state index in [2.05, 4.69) is 25.7 Å². The quantitative estimate of drug-likeness (QED) is 0.749. The van der Waals surface area contributed by atoms with Crippen LogP contribution in [0.4, 0.5) is 0 Å². The van der Waals surface area contributed by atoms with E-state index in [-0.39, 0.29) is 5.41 Å². The van der Waals surface area contributed by atoms with Gasteiger partial charge in [0.2, 0.25) is 0 Å². The first-order valence-corrected chi connectivity index (χ1v) is 6.50. The normalized spacial score (nSPS) is 23.3. The average molecular weight is 244 g/mol. The summed E-state index contributed by atoms with van der Waals surface area (Å²) >= 11 is 5.09. The van der Waals surface area contributed by atoms with Crippen LogP contribution in [0.15, 0.2) is 0 Å². The molecular formula is C12H24N2OS. The van der Waals surface area contributed by atoms with E-state index in [1.54, 1.807) is 0 Å². The van der Waals surface area contributed by atoms with E-state index in [0.29, 0.717) is 11.0 Å². The fourth-order valence-corrected chi connectivity index (χ4v) is 2.01. The van der Waals surface area contributed by atoms with Crippen LogP contribution in [0.25, 0.3) is 0 Å². The highest BCUT2D eigenvalue weighted by Gasteiger charge is 2.26. The topological polar surface area (TPSA) is 38.5 Å². The fraction of sp³-hybridized carbons (Fsp3) is 0.917. The van der Waals surface area contributed by atoms with Crippen LogP contribution in [0.3, 0.4) is 0 Å². The molecule has 1 aliphatic rings. The number of hydrogen-bond acceptors (Lipinski definition) is 3. The van der Waals surface area contributed by atoms with Crippen molar-refractivity contribution in [2.24, 2.45) is 11.1 Å². The summed E-state index contributed by atoms with van der Waals surface area (Å²) in [6, 6.07) is 0.566. The van der Waals surface area contributed by atoms with Gasteiger partial charge in [-0.3, -0.25) is 4.90 Å². The highest BCUT2D eigenvalue weighted by atomic mass is 32.1. The van der Waals surface area contributed by atoms with E-state index in [1.807, 2.05) is 0 Å². The third kappa shape index (κ3) is 3.68. The Bertz CT molecular complexity index is 243. The second kappa shape index (κ2) is 5.94. The van der Waals surface area contributed by atoms with Crippen molar-refractivity contribution in [3.05, 3.63) is 0 Å². The van der Waals surface area contributed by atoms with Crippen molar-refractivity contribution < 1.29 is 4.74 Å². The first-order chi connectivity index (χ1) is 7.47. The Balaban J connectivity index is 2.43. The van der Waals surface area contributed by atoms with Crippen LogP contribution in [0.5, 0.6) is 0 Å². The molecule has 2 N–H and O–H groups in total. The third-order valence-electron chi connectivity index (χ3n) is 3.51. The smallest absolute Gasteiger partial charge is 0.0784 e. The van der Waals surface area contributed by atoms with Crippen LogP contribution in [-0.2, 0) is 4.74 Å². The van der Waals surface area contributed by atoms with Crippen LogP contribution in [0, 0.1) is 5.41 Å². The Morgan fingerprint density at radius 1 is 1.56 bits per heavy atom. The van der Waals surface area contributed by atoms with E-state index >= 15 is 0 Å². The SMILES string of the molecule is CCC1COCCN1CCC(C)(C)C(N)=S. The Morgan fingerprint density at radius 2 is 2.25 bits per heavy atom. The Kier molecular flexibility index (Phi) is 5.15. The molecule has 0 amide bonds. The van der Waals surface area contributed by atoms with Gasteiger partial charge >= 0.3 is 0 Å². The van der Waals surface area contributed by atoms with Crippen LogP contribution < -0.4 is 5.73 Å². The molecule has 1 unspecified atom stereocenters. The number of nitrogens with zero attached hydrogens (tertiary/aromatic N) is 1. The summed E-state index contributed by atoms with van der Waals surface area (Å²) in [4.78, 5) is 3.12. The number of morpholine rings is 1. The molecule has 0 aliphatic carbocycles. The predicted octanol–water partition coefficient (Wildman–Crippen LogP) is 1.80. The maximum Gasteiger partial charge on any atom is 0.0784 e. The highest BCUT2D eigenvalue weighted by Crippen LogP contribution is 2.22. The summed E-state index contributed by atoms with van der Waals surface area (Å²) < 4.78 is 5.49. The fourth-order valence-electron chi connectivity index (χ4n) is 1.91. The van der Waals surface area contributed by atoms with E-state index in [4.69, 9.17) is 22.7 Å². The lowest BCUT2D eigenvalue weighted by Crippen LogP contribution is -2.47. The number of ether oxygens (including phenoxy) is 1. The average Bonchev–Trinajstić information content (AvgIpc) is 2.26. The molecule has 0 aromatic heterocycles. The Hall–Kier alpha value is -0.190. The van der Waals surface area contributed by atoms with Crippen molar-refractivity contribution in [1.29, 1.82) is 0 Å². The molecule has 0 radical (unpaired) electrons. The van der Waals surface area contributed by atoms with Gasteiger partial charge in [-0.05, 0) is 19.4 Å². The molecule has 16 heavy (non-hydrogen) atoms. The van der Waals surface area contributed by atoms with Crippen LogP contribution in [-0.4, -0.2) is 42.2 Å². The van der Waals surface area contributed by atoms with Crippen molar-refractivity contribution in [1.82, 2.24) is 4.90 Å². The van der Waals surface area contributed by atoms with Gasteiger partial charge in [-0.25, -0.2) is 0 Å². The number of rotatable bonds is 5. The summed E-state index contributed by atoms with van der Waals surface area (Å²) in [5.41, 5.74) is 5.71. The molecule has 94 valence electrons. The van der Waals surface area contributed by atoms with E-state index < -0.39 is 0 Å². The van der Waals surface area contributed by atoms with Crippen molar-refractivity contribution in [2.75, 3.05) is 26.3 Å². The Morgan fingerprint density at radius 3 is 2.81 bits per heavy atom. The van der Waals surface area contributed by atoms with Crippen LogP contribution in [0.2, 0.25) is 0 Å². The third-order valence-corrected chi connectivity index (χ3v) is 4.06. The van der Waals surface area contributed by atoms with Gasteiger partial charge in [0.05, 0.1) is 18.2 Å². The number of hydrogen-bond donors (Lipinski definition) is 1. The van der Waals surface area contributed by atoms with Crippen molar-refractivity contribution in [2.45, 2.75) is 39.7 Å². The lowest BCUT2D eigenvalue weighted by atomic mass is 9.89. The molecule has 1 saturated heterocycles. The number of nitrogens with two attached hydrogens (primary N) is 1. The predicted molar refractivity (Wildman–Crippen MR) is 71.7 cm³/mol. The molecule has 0 spiro atoms. The molecule has 4 heteroatoms. The van der Waals surface area contributed by atoms with Gasteiger partial charge in [0.25, 0.3) is 0 Å². The zero-order chi connectivity index (χ0) is 12.2. The molecule has 1 rings (SSSR count). The zero-order valence-electron chi connectivity index (χ0n) is 10.7. The second-order valence-electron chi connectivity index (χ2n) is 5.17. The number of thiocarbonyl (C=S) groups is 1. The monoisotopic (exact) mass is 244 g/mol. The van der Waals surface area contributed by atoms with Gasteiger partial charge in [-0.15, -0.1) is 0 Å². The molecule has 1 atom stereocenters. The maximum atomic E-state index is 5.74. The minimum atomic E-state index is -0.0358. The van der Waals surface area contributed by atoms with E-state index in [1.165, 1.54) is 0 Å². The highest BCUT2D eigenvalue weighted by molar-refractivity contribution is 7.80. The van der Waals surface area contributed by atoms with Crippen LogP contribution >= 0.6 is 12.2 Å². The molecule has 1 aliphatic heterocycles. The van der Waals surface area contributed by atoms with E-state index in [9.17, 15) is 0 Å². The van der Waals surface area contributed by atoms with E-state index in [0.717, 1.165) is 39.1 Å². The summed E-state index contributed by atoms with van der Waals surface area (Å²) in [6.45, 7) is 10.3. The first-order valence-electron chi connectivity index (χ1n) is 6.09. The maximum absolute atomic E-state index is 5.74. The Labute approximate surface area is 104 Å². The van der Waals surface area contributed by atoms with Crippen molar-refractivity contribution >= 4 is 17.2 Å². The van der Waals surface area contributed by atoms with Gasteiger partial charge in [0.15, 0.2) is 0 Å². The molecule has 0 bridgehead atoms. The van der Waals surface area contributed by atoms with Gasteiger partial charge < -0.3 is 10.5 Å². The molecule has 0 saturated carbocycles. The molecule has 0 aromatic rings. The lowest BCUT2D eigenvalue weighted by Gasteiger charge is -2.37. The largest absolute Gasteiger partial charge is 0.393 e. The van der Waals surface area contributed by atoms with Gasteiger partial charge in [-0.1, -0.05) is 33.0 Å². The zero-order valence-corrected chi connectivity index (χ0v) is 11.5. The van der Waals surface area contributed by atoms with Crippen molar-refractivity contribution in [3.8, 4) is 0 Å². The second-order valence-corrected chi connectivity index (χ2v) is 5.61. The minimum absolute atomic E-state index is 0.0358.